The number of benzene rings is 2. The lowest BCUT2D eigenvalue weighted by Crippen LogP contribution is -2.45. The van der Waals surface area contributed by atoms with Crippen molar-refractivity contribution in [3.63, 3.8) is 0 Å². The van der Waals surface area contributed by atoms with E-state index in [1.165, 1.54) is 16.1 Å². The van der Waals surface area contributed by atoms with E-state index in [4.69, 9.17) is 4.74 Å². The normalized spacial score (nSPS) is 18.4. The molecular formula is C23H35Cl2N3O3S. The number of halogens is 2. The summed E-state index contributed by atoms with van der Waals surface area (Å²) < 4.78 is 31.6. The summed E-state index contributed by atoms with van der Waals surface area (Å²) in [5.74, 6) is 0.753. The molecule has 1 heterocycles. The number of hydrogen-bond donors (Lipinski definition) is 2. The molecular weight excluding hydrogens is 469 g/mol. The molecule has 0 bridgehead atoms. The molecule has 1 aliphatic rings. The molecule has 2 aromatic carbocycles. The van der Waals surface area contributed by atoms with E-state index in [1.54, 1.807) is 13.2 Å². The van der Waals surface area contributed by atoms with Crippen molar-refractivity contribution < 1.29 is 13.2 Å². The molecule has 6 nitrogen and oxygen atoms in total. The minimum Gasteiger partial charge on any atom is -0.496 e. The smallest absolute Gasteiger partial charge is 0.232 e. The van der Waals surface area contributed by atoms with Crippen LogP contribution in [0.2, 0.25) is 0 Å². The van der Waals surface area contributed by atoms with E-state index >= 15 is 0 Å². The standard InChI is InChI=1S/C23H33N3O3S.2ClH/c1-17(2)26(30(4,27)28)20-12-13-22(29-3)19(15-20)16-25-21-11-8-14-24-23(21)18-9-6-5-7-10-18;;/h5-7,9-10,12-13,15,17,21,23-25H,8,11,14,16H2,1-4H3;2*1H/t21-,23-;;/m0../s1. The zero-order valence-corrected chi connectivity index (χ0v) is 21.5. The van der Waals surface area contributed by atoms with Crippen molar-refractivity contribution in [1.82, 2.24) is 10.6 Å². The van der Waals surface area contributed by atoms with Gasteiger partial charge >= 0.3 is 0 Å². The summed E-state index contributed by atoms with van der Waals surface area (Å²) in [4.78, 5) is 0. The van der Waals surface area contributed by atoms with Crippen LogP contribution in [0, 0.1) is 0 Å². The van der Waals surface area contributed by atoms with Crippen molar-refractivity contribution in [2.75, 3.05) is 24.2 Å². The summed E-state index contributed by atoms with van der Waals surface area (Å²) >= 11 is 0. The van der Waals surface area contributed by atoms with Crippen LogP contribution >= 0.6 is 24.8 Å². The Morgan fingerprint density at radius 2 is 1.84 bits per heavy atom. The molecule has 0 saturated carbocycles. The maximum absolute atomic E-state index is 12.3. The van der Waals surface area contributed by atoms with Gasteiger partial charge in [0, 0.05) is 30.2 Å². The zero-order chi connectivity index (χ0) is 21.7. The fraction of sp³-hybridized carbons (Fsp3) is 0.478. The predicted molar refractivity (Wildman–Crippen MR) is 137 cm³/mol. The Hall–Kier alpha value is -1.51. The van der Waals surface area contributed by atoms with Gasteiger partial charge in [0.25, 0.3) is 0 Å². The first-order valence-electron chi connectivity index (χ1n) is 10.5. The van der Waals surface area contributed by atoms with E-state index in [0.717, 1.165) is 30.7 Å². The third kappa shape index (κ3) is 6.99. The third-order valence-electron chi connectivity index (χ3n) is 5.52. The van der Waals surface area contributed by atoms with E-state index in [0.29, 0.717) is 12.2 Å². The summed E-state index contributed by atoms with van der Waals surface area (Å²) in [6.07, 6.45) is 3.44. The van der Waals surface area contributed by atoms with Crippen LogP contribution in [0.25, 0.3) is 0 Å². The molecule has 0 spiro atoms. The second-order valence-electron chi connectivity index (χ2n) is 8.12. The number of ether oxygens (including phenoxy) is 1. The number of hydrogen-bond acceptors (Lipinski definition) is 5. The average molecular weight is 505 g/mol. The van der Waals surface area contributed by atoms with Gasteiger partial charge in [-0.05, 0) is 57.0 Å². The molecule has 1 aliphatic heterocycles. The highest BCUT2D eigenvalue weighted by atomic mass is 35.5. The molecule has 0 aliphatic carbocycles. The van der Waals surface area contributed by atoms with Crippen molar-refractivity contribution in [1.29, 1.82) is 0 Å². The van der Waals surface area contributed by atoms with Crippen LogP contribution in [0.1, 0.15) is 43.9 Å². The highest BCUT2D eigenvalue weighted by Gasteiger charge is 2.26. The highest BCUT2D eigenvalue weighted by Crippen LogP contribution is 2.29. The number of nitrogens with zero attached hydrogens (tertiary/aromatic N) is 1. The van der Waals surface area contributed by atoms with Crippen LogP contribution in [0.15, 0.2) is 48.5 Å². The maximum Gasteiger partial charge on any atom is 0.232 e. The van der Waals surface area contributed by atoms with Crippen molar-refractivity contribution in [3.05, 3.63) is 59.7 Å². The van der Waals surface area contributed by atoms with Gasteiger partial charge in [-0.2, -0.15) is 0 Å². The van der Waals surface area contributed by atoms with Crippen LogP contribution < -0.4 is 19.7 Å². The molecule has 180 valence electrons. The zero-order valence-electron chi connectivity index (χ0n) is 19.1. The van der Waals surface area contributed by atoms with Crippen LogP contribution in [0.4, 0.5) is 5.69 Å². The fourth-order valence-corrected chi connectivity index (χ4v) is 5.54. The number of methoxy groups -OCH3 is 1. The summed E-state index contributed by atoms with van der Waals surface area (Å²) in [7, 11) is -1.73. The average Bonchev–Trinajstić information content (AvgIpc) is 2.72. The Morgan fingerprint density at radius 1 is 1.16 bits per heavy atom. The maximum atomic E-state index is 12.3. The molecule has 0 aromatic heterocycles. The Labute approximate surface area is 205 Å². The van der Waals surface area contributed by atoms with Gasteiger partial charge in [-0.1, -0.05) is 30.3 Å². The van der Waals surface area contributed by atoms with Gasteiger partial charge in [-0.25, -0.2) is 8.42 Å². The lowest BCUT2D eigenvalue weighted by Gasteiger charge is -2.34. The summed E-state index contributed by atoms with van der Waals surface area (Å²) in [6, 6.07) is 16.4. The molecule has 32 heavy (non-hydrogen) atoms. The van der Waals surface area contributed by atoms with Gasteiger partial charge < -0.3 is 15.4 Å². The lowest BCUT2D eigenvalue weighted by molar-refractivity contribution is 0.303. The molecule has 0 unspecified atom stereocenters. The second kappa shape index (κ2) is 12.7. The number of anilines is 1. The third-order valence-corrected chi connectivity index (χ3v) is 6.86. The van der Waals surface area contributed by atoms with E-state index in [1.807, 2.05) is 32.0 Å². The van der Waals surface area contributed by atoms with Gasteiger partial charge in [-0.3, -0.25) is 4.31 Å². The summed E-state index contributed by atoms with van der Waals surface area (Å²) in [5, 5.41) is 7.32. The number of piperidine rings is 1. The monoisotopic (exact) mass is 503 g/mol. The largest absolute Gasteiger partial charge is 0.496 e. The van der Waals surface area contributed by atoms with Crippen LogP contribution in [0.5, 0.6) is 5.75 Å². The Kier molecular flexibility index (Phi) is 11.3. The van der Waals surface area contributed by atoms with Gasteiger partial charge in [0.2, 0.25) is 10.0 Å². The van der Waals surface area contributed by atoms with Crippen LogP contribution in [-0.2, 0) is 16.6 Å². The molecule has 0 radical (unpaired) electrons. The van der Waals surface area contributed by atoms with E-state index in [2.05, 4.69) is 34.9 Å². The lowest BCUT2D eigenvalue weighted by atomic mass is 9.92. The van der Waals surface area contributed by atoms with Gasteiger partial charge in [0.05, 0.1) is 19.1 Å². The van der Waals surface area contributed by atoms with E-state index in [-0.39, 0.29) is 42.9 Å². The van der Waals surface area contributed by atoms with Crippen LogP contribution in [0.3, 0.4) is 0 Å². The van der Waals surface area contributed by atoms with Crippen molar-refractivity contribution in [3.8, 4) is 5.75 Å². The van der Waals surface area contributed by atoms with Gasteiger partial charge in [0.15, 0.2) is 0 Å². The summed E-state index contributed by atoms with van der Waals surface area (Å²) in [6.45, 7) is 5.36. The van der Waals surface area contributed by atoms with Crippen LogP contribution in [-0.4, -0.2) is 40.4 Å². The Bertz CT molecular complexity index is 943. The first kappa shape index (κ1) is 28.5. The number of rotatable bonds is 8. The van der Waals surface area contributed by atoms with E-state index < -0.39 is 10.0 Å². The quantitative estimate of drug-likeness (QED) is 0.561. The first-order valence-corrected chi connectivity index (χ1v) is 12.3. The van der Waals surface area contributed by atoms with Gasteiger partial charge in [0.1, 0.15) is 5.75 Å². The topological polar surface area (TPSA) is 70.7 Å². The first-order chi connectivity index (χ1) is 14.3. The van der Waals surface area contributed by atoms with Crippen molar-refractivity contribution >= 4 is 40.5 Å². The molecule has 9 heteroatoms. The predicted octanol–water partition coefficient (Wildman–Crippen LogP) is 4.30. The Balaban J connectivity index is 0.00000256. The van der Waals surface area contributed by atoms with Crippen molar-refractivity contribution in [2.24, 2.45) is 0 Å². The number of nitrogens with one attached hydrogen (secondary N) is 2. The second-order valence-corrected chi connectivity index (χ2v) is 9.98. The molecule has 2 N–H and O–H groups in total. The summed E-state index contributed by atoms with van der Waals surface area (Å²) in [5.41, 5.74) is 2.88. The van der Waals surface area contributed by atoms with E-state index in [9.17, 15) is 8.42 Å². The minimum atomic E-state index is -3.37. The molecule has 2 atom stereocenters. The molecule has 1 saturated heterocycles. The minimum absolute atomic E-state index is 0. The molecule has 0 amide bonds. The molecule has 2 aromatic rings. The number of sulfonamides is 1. The van der Waals surface area contributed by atoms with Crippen molar-refractivity contribution in [2.45, 2.75) is 51.4 Å². The SMILES string of the molecule is COc1ccc(N(C(C)C)S(C)(=O)=O)cc1CN[C@H]1CCCN[C@H]1c1ccccc1.Cl.Cl. The molecule has 1 fully saturated rings. The Morgan fingerprint density at radius 3 is 2.44 bits per heavy atom. The highest BCUT2D eigenvalue weighted by molar-refractivity contribution is 7.92. The van der Waals surface area contributed by atoms with Gasteiger partial charge in [-0.15, -0.1) is 24.8 Å². The fourth-order valence-electron chi connectivity index (χ4n) is 4.27. The molecule has 3 rings (SSSR count).